The van der Waals surface area contributed by atoms with E-state index in [1.54, 1.807) is 12.4 Å². The van der Waals surface area contributed by atoms with Crippen molar-refractivity contribution < 1.29 is 4.79 Å². The second kappa shape index (κ2) is 6.20. The first-order valence-corrected chi connectivity index (χ1v) is 9.12. The number of nitrogens with zero attached hydrogens (tertiary/aromatic N) is 2. The summed E-state index contributed by atoms with van der Waals surface area (Å²) in [5.41, 5.74) is 5.93. The lowest BCUT2D eigenvalue weighted by Gasteiger charge is -2.15. The first-order valence-electron chi connectivity index (χ1n) is 9.12. The van der Waals surface area contributed by atoms with E-state index in [0.29, 0.717) is 16.7 Å². The van der Waals surface area contributed by atoms with Crippen LogP contribution >= 0.6 is 0 Å². The van der Waals surface area contributed by atoms with Crippen molar-refractivity contribution in [3.05, 3.63) is 53.9 Å². The zero-order valence-electron chi connectivity index (χ0n) is 15.5. The van der Waals surface area contributed by atoms with Gasteiger partial charge < -0.3 is 4.98 Å². The molecule has 0 aliphatic heterocycles. The second-order valence-corrected chi connectivity index (χ2v) is 7.94. The van der Waals surface area contributed by atoms with E-state index >= 15 is 0 Å². The number of fused-ring (bicyclic) bond motifs is 1. The van der Waals surface area contributed by atoms with Gasteiger partial charge in [-0.15, -0.1) is 0 Å². The lowest BCUT2D eigenvalue weighted by atomic mass is 9.87. The summed E-state index contributed by atoms with van der Waals surface area (Å²) in [6.07, 6.45) is 9.34. The summed E-state index contributed by atoms with van der Waals surface area (Å²) in [5, 5.41) is 0. The van der Waals surface area contributed by atoms with Crippen LogP contribution in [0.3, 0.4) is 0 Å². The normalized spacial score (nSPS) is 14.7. The lowest BCUT2D eigenvalue weighted by molar-refractivity contribution is 0.0860. The minimum atomic E-state index is -0.457. The quantitative estimate of drug-likeness (QED) is 0.645. The van der Waals surface area contributed by atoms with Gasteiger partial charge in [0.2, 0.25) is 0 Å². The van der Waals surface area contributed by atoms with Gasteiger partial charge in [-0.3, -0.25) is 4.79 Å². The summed E-state index contributed by atoms with van der Waals surface area (Å²) in [5.74, 6) is 0.0695. The highest BCUT2D eigenvalue weighted by molar-refractivity contribution is 6.08. The van der Waals surface area contributed by atoms with Crippen LogP contribution in [0.2, 0.25) is 0 Å². The Kier molecular flexibility index (Phi) is 3.98. The molecule has 0 saturated heterocycles. The third-order valence-electron chi connectivity index (χ3n) is 4.88. The number of carbonyl (C=O) groups is 1. The molecule has 0 saturated carbocycles. The molecule has 1 aliphatic carbocycles. The van der Waals surface area contributed by atoms with Gasteiger partial charge in [-0.1, -0.05) is 45.0 Å². The Morgan fingerprint density at radius 1 is 1.19 bits per heavy atom. The lowest BCUT2D eigenvalue weighted by Crippen LogP contribution is -2.20. The first kappa shape index (κ1) is 16.7. The van der Waals surface area contributed by atoms with Crippen LogP contribution in [0.1, 0.15) is 56.0 Å². The molecule has 2 heterocycles. The molecule has 4 rings (SSSR count). The highest BCUT2D eigenvalue weighted by Crippen LogP contribution is 2.31. The Morgan fingerprint density at radius 2 is 2.00 bits per heavy atom. The maximum absolute atomic E-state index is 12.7. The molecule has 1 N–H and O–H groups in total. The number of allylic oxidation sites excluding steroid dienone is 2. The first-order chi connectivity index (χ1) is 12.4. The summed E-state index contributed by atoms with van der Waals surface area (Å²) < 4.78 is 0. The maximum Gasteiger partial charge on any atom is 0.171 e. The number of benzene rings is 1. The standard InChI is InChI=1S/C22H23N3O/c1-22(2,3)20(26)17-12-23-21-19(17)25-18(13-24-21)16-10-6-9-15(11-16)14-7-4-5-8-14/h6-7,9-13H,4-5,8H2,1-3H3,(H,23,24). The average Bonchev–Trinajstić information content (AvgIpc) is 3.29. The number of carbonyl (C=O) groups excluding carboxylic acids is 1. The summed E-state index contributed by atoms with van der Waals surface area (Å²) in [6.45, 7) is 5.76. The summed E-state index contributed by atoms with van der Waals surface area (Å²) in [6, 6.07) is 8.43. The molecule has 0 fully saturated rings. The summed E-state index contributed by atoms with van der Waals surface area (Å²) in [7, 11) is 0. The fourth-order valence-electron chi connectivity index (χ4n) is 3.42. The zero-order chi connectivity index (χ0) is 18.3. The Balaban J connectivity index is 1.78. The van der Waals surface area contributed by atoms with Crippen LogP contribution in [0, 0.1) is 5.41 Å². The second-order valence-electron chi connectivity index (χ2n) is 7.94. The van der Waals surface area contributed by atoms with Gasteiger partial charge in [0.25, 0.3) is 0 Å². The molecule has 0 spiro atoms. The van der Waals surface area contributed by atoms with Gasteiger partial charge in [0.1, 0.15) is 5.52 Å². The molecule has 0 radical (unpaired) electrons. The van der Waals surface area contributed by atoms with Crippen molar-refractivity contribution in [1.82, 2.24) is 15.0 Å². The topological polar surface area (TPSA) is 58.6 Å². The minimum Gasteiger partial charge on any atom is -0.344 e. The number of aromatic amines is 1. The van der Waals surface area contributed by atoms with Gasteiger partial charge in [0.05, 0.1) is 17.5 Å². The molecule has 0 amide bonds. The molecule has 132 valence electrons. The van der Waals surface area contributed by atoms with Crippen molar-refractivity contribution in [2.24, 2.45) is 5.41 Å². The largest absolute Gasteiger partial charge is 0.344 e. The molecule has 0 unspecified atom stereocenters. The van der Waals surface area contributed by atoms with Gasteiger partial charge in [0, 0.05) is 17.2 Å². The van der Waals surface area contributed by atoms with Crippen molar-refractivity contribution in [1.29, 1.82) is 0 Å². The molecule has 1 aliphatic rings. The van der Waals surface area contributed by atoms with E-state index in [0.717, 1.165) is 24.1 Å². The van der Waals surface area contributed by atoms with Crippen molar-refractivity contribution >= 4 is 22.5 Å². The fraction of sp³-hybridized carbons (Fsp3) is 0.318. The van der Waals surface area contributed by atoms with E-state index in [2.05, 4.69) is 34.2 Å². The number of hydrogen-bond acceptors (Lipinski definition) is 3. The molecule has 1 aromatic carbocycles. The third-order valence-corrected chi connectivity index (χ3v) is 4.88. The molecule has 0 atom stereocenters. The molecule has 2 aromatic heterocycles. The number of rotatable bonds is 3. The van der Waals surface area contributed by atoms with Gasteiger partial charge in [-0.25, -0.2) is 9.97 Å². The SMILES string of the molecule is CC(C)(C)C(=O)c1c[nH]c2ncc(-c3cccc(C4=CCCC4)c3)nc12. The Labute approximate surface area is 153 Å². The van der Waals surface area contributed by atoms with Crippen LogP contribution in [-0.4, -0.2) is 20.7 Å². The predicted octanol–water partition coefficient (Wildman–Crippen LogP) is 5.42. The smallest absolute Gasteiger partial charge is 0.171 e. The molecule has 4 nitrogen and oxygen atoms in total. The molecule has 26 heavy (non-hydrogen) atoms. The molecular weight excluding hydrogens is 322 g/mol. The maximum atomic E-state index is 12.7. The van der Waals surface area contributed by atoms with E-state index in [4.69, 9.17) is 4.98 Å². The van der Waals surface area contributed by atoms with Crippen LogP contribution in [-0.2, 0) is 0 Å². The Hall–Kier alpha value is -2.75. The van der Waals surface area contributed by atoms with Crippen molar-refractivity contribution in [3.8, 4) is 11.3 Å². The predicted molar refractivity (Wildman–Crippen MR) is 105 cm³/mol. The summed E-state index contributed by atoms with van der Waals surface area (Å²) in [4.78, 5) is 25.1. The number of Topliss-reactive ketones (excluding diaryl/α,β-unsaturated/α-hetero) is 1. The highest BCUT2D eigenvalue weighted by Gasteiger charge is 2.26. The minimum absolute atomic E-state index is 0.0695. The van der Waals surface area contributed by atoms with Crippen LogP contribution in [0.4, 0.5) is 0 Å². The van der Waals surface area contributed by atoms with Crippen LogP contribution < -0.4 is 0 Å². The highest BCUT2D eigenvalue weighted by atomic mass is 16.1. The third kappa shape index (κ3) is 2.96. The number of ketones is 1. The molecular formula is C22H23N3O. The van der Waals surface area contributed by atoms with E-state index in [1.165, 1.54) is 17.6 Å². The monoisotopic (exact) mass is 345 g/mol. The fourth-order valence-corrected chi connectivity index (χ4v) is 3.42. The van der Waals surface area contributed by atoms with Crippen molar-refractivity contribution in [3.63, 3.8) is 0 Å². The van der Waals surface area contributed by atoms with Crippen LogP contribution in [0.25, 0.3) is 28.0 Å². The van der Waals surface area contributed by atoms with E-state index in [9.17, 15) is 4.79 Å². The van der Waals surface area contributed by atoms with Crippen LogP contribution in [0.15, 0.2) is 42.7 Å². The average molecular weight is 345 g/mol. The van der Waals surface area contributed by atoms with E-state index in [-0.39, 0.29) is 5.78 Å². The number of hydrogen-bond donors (Lipinski definition) is 1. The molecule has 0 bridgehead atoms. The van der Waals surface area contributed by atoms with Gasteiger partial charge in [-0.05, 0) is 36.5 Å². The number of aromatic nitrogens is 3. The van der Waals surface area contributed by atoms with E-state index in [1.807, 2.05) is 26.8 Å². The van der Waals surface area contributed by atoms with Crippen LogP contribution in [0.5, 0.6) is 0 Å². The van der Waals surface area contributed by atoms with Gasteiger partial charge >= 0.3 is 0 Å². The number of H-pyrrole nitrogens is 1. The molecule has 4 heteroatoms. The number of nitrogens with one attached hydrogen (secondary N) is 1. The Bertz CT molecular complexity index is 1020. The Morgan fingerprint density at radius 3 is 2.73 bits per heavy atom. The van der Waals surface area contributed by atoms with Crippen molar-refractivity contribution in [2.45, 2.75) is 40.0 Å². The van der Waals surface area contributed by atoms with Crippen molar-refractivity contribution in [2.75, 3.05) is 0 Å². The zero-order valence-corrected chi connectivity index (χ0v) is 15.5. The molecule has 3 aromatic rings. The van der Waals surface area contributed by atoms with Gasteiger partial charge in [0.15, 0.2) is 11.4 Å². The van der Waals surface area contributed by atoms with Gasteiger partial charge in [-0.2, -0.15) is 0 Å². The van der Waals surface area contributed by atoms with E-state index < -0.39 is 5.41 Å². The summed E-state index contributed by atoms with van der Waals surface area (Å²) >= 11 is 0.